The van der Waals surface area contributed by atoms with Crippen molar-refractivity contribution in [1.82, 2.24) is 9.78 Å². The molecule has 0 aliphatic heterocycles. The minimum absolute atomic E-state index is 0.525. The van der Waals surface area contributed by atoms with Crippen molar-refractivity contribution in [3.63, 3.8) is 0 Å². The van der Waals surface area contributed by atoms with E-state index in [-0.39, 0.29) is 0 Å². The van der Waals surface area contributed by atoms with Gasteiger partial charge in [0.2, 0.25) is 0 Å². The summed E-state index contributed by atoms with van der Waals surface area (Å²) in [6, 6.07) is 0. The van der Waals surface area contributed by atoms with Gasteiger partial charge in [-0.15, -0.1) is 5.92 Å². The van der Waals surface area contributed by atoms with E-state index >= 15 is 0 Å². The van der Waals surface area contributed by atoms with Gasteiger partial charge in [-0.3, -0.25) is 4.68 Å². The van der Waals surface area contributed by atoms with Gasteiger partial charge in [-0.1, -0.05) is 5.92 Å². The quantitative estimate of drug-likeness (QED) is 0.571. The molecule has 0 saturated carbocycles. The molecule has 0 radical (unpaired) electrons. The van der Waals surface area contributed by atoms with E-state index in [1.165, 1.54) is 6.08 Å². The van der Waals surface area contributed by atoms with E-state index in [0.717, 1.165) is 11.6 Å². The van der Waals surface area contributed by atoms with E-state index in [0.29, 0.717) is 6.54 Å². The smallest absolute Gasteiger partial charge is 0.328 e. The zero-order valence-electron chi connectivity index (χ0n) is 7.77. The Balaban J connectivity index is 2.66. The average Bonchev–Trinajstić information content (AvgIpc) is 2.59. The molecule has 0 bridgehead atoms. The molecule has 0 aliphatic rings. The van der Waals surface area contributed by atoms with E-state index in [2.05, 4.69) is 16.9 Å². The molecule has 0 unspecified atom stereocenters. The van der Waals surface area contributed by atoms with Gasteiger partial charge >= 0.3 is 5.97 Å². The lowest BCUT2D eigenvalue weighted by molar-refractivity contribution is -0.131. The molecule has 0 spiro atoms. The zero-order valence-corrected chi connectivity index (χ0v) is 7.77. The Bertz CT molecular complexity index is 407. The van der Waals surface area contributed by atoms with Crippen molar-refractivity contribution in [2.45, 2.75) is 13.5 Å². The molecule has 1 aromatic heterocycles. The van der Waals surface area contributed by atoms with Crippen LogP contribution in [0.5, 0.6) is 0 Å². The standard InChI is InChI=1S/C10H10N2O2/c1-2-3-6-12-8-9(7-11-12)4-5-10(13)14/h4-5,7-8H,6H2,1H3,(H,13,14). The minimum Gasteiger partial charge on any atom is -0.478 e. The maximum atomic E-state index is 10.2. The molecule has 1 N–H and O–H groups in total. The number of rotatable bonds is 3. The van der Waals surface area contributed by atoms with Crippen molar-refractivity contribution < 1.29 is 9.90 Å². The van der Waals surface area contributed by atoms with Gasteiger partial charge in [0.15, 0.2) is 0 Å². The van der Waals surface area contributed by atoms with Crippen molar-refractivity contribution >= 4 is 12.0 Å². The molecule has 0 fully saturated rings. The van der Waals surface area contributed by atoms with Gasteiger partial charge in [0, 0.05) is 17.8 Å². The average molecular weight is 190 g/mol. The summed E-state index contributed by atoms with van der Waals surface area (Å²) in [4.78, 5) is 10.2. The van der Waals surface area contributed by atoms with Crippen molar-refractivity contribution in [2.24, 2.45) is 0 Å². The van der Waals surface area contributed by atoms with Gasteiger partial charge in [-0.25, -0.2) is 4.79 Å². The molecule has 1 rings (SSSR count). The van der Waals surface area contributed by atoms with Gasteiger partial charge in [-0.2, -0.15) is 5.10 Å². The van der Waals surface area contributed by atoms with E-state index in [1.807, 2.05) is 0 Å². The summed E-state index contributed by atoms with van der Waals surface area (Å²) >= 11 is 0. The van der Waals surface area contributed by atoms with Crippen LogP contribution in [0.1, 0.15) is 12.5 Å². The Morgan fingerprint density at radius 1 is 1.79 bits per heavy atom. The van der Waals surface area contributed by atoms with Crippen LogP contribution in [0.25, 0.3) is 6.08 Å². The molecule has 0 aliphatic carbocycles. The number of aliphatic carboxylic acids is 1. The highest BCUT2D eigenvalue weighted by Crippen LogP contribution is 1.99. The summed E-state index contributed by atoms with van der Waals surface area (Å²) in [5, 5.41) is 12.4. The molecule has 1 aromatic rings. The van der Waals surface area contributed by atoms with Crippen molar-refractivity contribution in [1.29, 1.82) is 0 Å². The third kappa shape index (κ3) is 3.15. The summed E-state index contributed by atoms with van der Waals surface area (Å²) in [6.45, 7) is 2.28. The van der Waals surface area contributed by atoms with Crippen LogP contribution in [0.15, 0.2) is 18.5 Å². The largest absolute Gasteiger partial charge is 0.478 e. The second-order valence-corrected chi connectivity index (χ2v) is 2.57. The summed E-state index contributed by atoms with van der Waals surface area (Å²) < 4.78 is 1.65. The van der Waals surface area contributed by atoms with Gasteiger partial charge in [0.25, 0.3) is 0 Å². The van der Waals surface area contributed by atoms with Crippen LogP contribution in [0.2, 0.25) is 0 Å². The Kier molecular flexibility index (Phi) is 3.50. The molecule has 0 amide bonds. The number of carbonyl (C=O) groups is 1. The summed E-state index contributed by atoms with van der Waals surface area (Å²) in [7, 11) is 0. The van der Waals surface area contributed by atoms with Gasteiger partial charge in [-0.05, 0) is 13.0 Å². The first-order chi connectivity index (χ1) is 6.72. The fraction of sp³-hybridized carbons (Fsp3) is 0.200. The van der Waals surface area contributed by atoms with Crippen molar-refractivity contribution in [3.05, 3.63) is 24.0 Å². The molecule has 0 atom stereocenters. The van der Waals surface area contributed by atoms with Gasteiger partial charge in [0.1, 0.15) is 6.54 Å². The number of carboxylic acid groups (broad SMARTS) is 1. The number of aromatic nitrogens is 2. The Hall–Kier alpha value is -2.02. The molecule has 0 saturated heterocycles. The topological polar surface area (TPSA) is 55.1 Å². The summed E-state index contributed by atoms with van der Waals surface area (Å²) in [6.07, 6.45) is 5.90. The highest BCUT2D eigenvalue weighted by atomic mass is 16.4. The van der Waals surface area contributed by atoms with E-state index < -0.39 is 5.97 Å². The number of carboxylic acids is 1. The predicted molar refractivity (Wildman–Crippen MR) is 52.3 cm³/mol. The van der Waals surface area contributed by atoms with Crippen molar-refractivity contribution in [3.8, 4) is 11.8 Å². The lowest BCUT2D eigenvalue weighted by Gasteiger charge is -1.89. The number of hydrogen-bond donors (Lipinski definition) is 1. The van der Waals surface area contributed by atoms with Crippen LogP contribution in [0, 0.1) is 11.8 Å². The molecular formula is C10H10N2O2. The normalized spacial score (nSPS) is 9.79. The Morgan fingerprint density at radius 3 is 3.21 bits per heavy atom. The minimum atomic E-state index is -0.967. The highest BCUT2D eigenvalue weighted by molar-refractivity contribution is 5.85. The Morgan fingerprint density at radius 2 is 2.57 bits per heavy atom. The molecular weight excluding hydrogens is 180 g/mol. The molecule has 4 nitrogen and oxygen atoms in total. The van der Waals surface area contributed by atoms with E-state index in [9.17, 15) is 4.79 Å². The second kappa shape index (κ2) is 4.87. The maximum Gasteiger partial charge on any atom is 0.328 e. The van der Waals surface area contributed by atoms with Crippen LogP contribution in [0.3, 0.4) is 0 Å². The van der Waals surface area contributed by atoms with Gasteiger partial charge < -0.3 is 5.11 Å². The van der Waals surface area contributed by atoms with E-state index in [4.69, 9.17) is 5.11 Å². The molecule has 14 heavy (non-hydrogen) atoms. The van der Waals surface area contributed by atoms with E-state index in [1.54, 1.807) is 24.0 Å². The molecule has 0 aromatic carbocycles. The fourth-order valence-electron chi connectivity index (χ4n) is 0.880. The van der Waals surface area contributed by atoms with Crippen LogP contribution in [-0.4, -0.2) is 20.9 Å². The predicted octanol–water partition coefficient (Wildman–Crippen LogP) is 1.00. The first-order valence-electron chi connectivity index (χ1n) is 4.05. The lowest BCUT2D eigenvalue weighted by atomic mass is 10.3. The fourth-order valence-corrected chi connectivity index (χ4v) is 0.880. The Labute approximate surface area is 81.9 Å². The van der Waals surface area contributed by atoms with Crippen molar-refractivity contribution in [2.75, 3.05) is 0 Å². The van der Waals surface area contributed by atoms with Crippen LogP contribution >= 0.6 is 0 Å². The SMILES string of the molecule is CC#CCn1cc(C=CC(=O)O)cn1. The van der Waals surface area contributed by atoms with Gasteiger partial charge in [0.05, 0.1) is 6.20 Å². The lowest BCUT2D eigenvalue weighted by Crippen LogP contribution is -1.94. The summed E-state index contributed by atoms with van der Waals surface area (Å²) in [5.74, 6) is 4.64. The summed E-state index contributed by atoms with van der Waals surface area (Å²) in [5.41, 5.74) is 0.755. The second-order valence-electron chi connectivity index (χ2n) is 2.57. The molecule has 72 valence electrons. The maximum absolute atomic E-state index is 10.2. The van der Waals surface area contributed by atoms with Crippen LogP contribution in [0.4, 0.5) is 0 Å². The first-order valence-corrected chi connectivity index (χ1v) is 4.05. The number of nitrogens with zero attached hydrogens (tertiary/aromatic N) is 2. The highest BCUT2D eigenvalue weighted by Gasteiger charge is 1.93. The zero-order chi connectivity index (χ0) is 10.4. The molecule has 1 heterocycles. The van der Waals surface area contributed by atoms with Crippen LogP contribution < -0.4 is 0 Å². The van der Waals surface area contributed by atoms with Crippen LogP contribution in [-0.2, 0) is 11.3 Å². The number of hydrogen-bond acceptors (Lipinski definition) is 2. The third-order valence-electron chi connectivity index (χ3n) is 1.49. The first kappa shape index (κ1) is 10.1. The molecule has 4 heteroatoms. The monoisotopic (exact) mass is 190 g/mol. The third-order valence-corrected chi connectivity index (χ3v) is 1.49.